The van der Waals surface area contributed by atoms with Crippen LogP contribution in [0, 0.1) is 11.3 Å². The van der Waals surface area contributed by atoms with Gasteiger partial charge in [-0.3, -0.25) is 4.79 Å². The van der Waals surface area contributed by atoms with Crippen LogP contribution in [0.3, 0.4) is 0 Å². The molecule has 0 heterocycles. The minimum absolute atomic E-state index is 0.226. The van der Waals surface area contributed by atoms with E-state index in [1.54, 1.807) is 24.3 Å². The second-order valence-electron chi connectivity index (χ2n) is 5.39. The summed E-state index contributed by atoms with van der Waals surface area (Å²) in [6.07, 6.45) is 3.19. The number of rotatable bonds is 6. The second kappa shape index (κ2) is 8.57. The molecule has 0 saturated heterocycles. The van der Waals surface area contributed by atoms with E-state index in [2.05, 4.69) is 0 Å². The Morgan fingerprint density at radius 1 is 1.24 bits per heavy atom. The lowest BCUT2D eigenvalue weighted by Crippen LogP contribution is -2.07. The maximum atomic E-state index is 12.3. The van der Waals surface area contributed by atoms with E-state index in [0.29, 0.717) is 11.3 Å². The fourth-order valence-corrected chi connectivity index (χ4v) is 2.43. The summed E-state index contributed by atoms with van der Waals surface area (Å²) in [6, 6.07) is 14.1. The zero-order chi connectivity index (χ0) is 18.4. The molecule has 0 aliphatic rings. The Labute approximate surface area is 156 Å². The van der Waals surface area contributed by atoms with Crippen LogP contribution in [-0.2, 0) is 0 Å². The molecule has 0 aromatic heterocycles. The van der Waals surface area contributed by atoms with Crippen LogP contribution in [0.25, 0.3) is 6.08 Å². The highest BCUT2D eigenvalue weighted by atomic mass is 35.5. The SMILES string of the molecule is CN(C)c1ccc(C=CC(=O)c2ccc(OC(Cl)C#N)cc2Cl)cc1. The van der Waals surface area contributed by atoms with Crippen LogP contribution in [0.5, 0.6) is 5.75 Å². The number of hydrogen-bond acceptors (Lipinski definition) is 4. The highest BCUT2D eigenvalue weighted by Gasteiger charge is 2.11. The van der Waals surface area contributed by atoms with E-state index in [4.69, 9.17) is 33.2 Å². The standard InChI is InChI=1S/C19H16Cl2N2O2/c1-23(2)14-6-3-13(4-7-14)5-10-18(24)16-9-8-15(11-17(16)20)25-19(21)12-22/h3-11,19H,1-2H3. The number of carbonyl (C=O) groups is 1. The Morgan fingerprint density at radius 3 is 2.48 bits per heavy atom. The Bertz CT molecular complexity index is 824. The van der Waals surface area contributed by atoms with Gasteiger partial charge < -0.3 is 9.64 Å². The van der Waals surface area contributed by atoms with Crippen molar-refractivity contribution in [3.8, 4) is 11.8 Å². The minimum Gasteiger partial charge on any atom is -0.461 e. The van der Waals surface area contributed by atoms with E-state index in [-0.39, 0.29) is 10.8 Å². The van der Waals surface area contributed by atoms with Crippen molar-refractivity contribution >= 4 is 40.7 Å². The summed E-state index contributed by atoms with van der Waals surface area (Å²) in [5, 5.41) is 8.86. The molecule has 0 spiro atoms. The summed E-state index contributed by atoms with van der Waals surface area (Å²) in [7, 11) is 3.93. The van der Waals surface area contributed by atoms with E-state index >= 15 is 0 Å². The third-order valence-corrected chi connectivity index (χ3v) is 3.88. The average molecular weight is 375 g/mol. The second-order valence-corrected chi connectivity index (χ2v) is 6.19. The van der Waals surface area contributed by atoms with Gasteiger partial charge in [-0.25, -0.2) is 0 Å². The van der Waals surface area contributed by atoms with Crippen LogP contribution in [-0.4, -0.2) is 25.4 Å². The van der Waals surface area contributed by atoms with Gasteiger partial charge in [-0.1, -0.05) is 41.4 Å². The number of nitrogens with zero attached hydrogens (tertiary/aromatic N) is 2. The molecule has 0 saturated carbocycles. The predicted octanol–water partition coefficient (Wildman–Crippen LogP) is 4.77. The number of allylic oxidation sites excluding steroid dienone is 1. The van der Waals surface area contributed by atoms with Gasteiger partial charge in [0.1, 0.15) is 11.8 Å². The van der Waals surface area contributed by atoms with Gasteiger partial charge in [-0.2, -0.15) is 5.26 Å². The zero-order valence-corrected chi connectivity index (χ0v) is 15.3. The molecule has 0 aliphatic heterocycles. The minimum atomic E-state index is -1.11. The van der Waals surface area contributed by atoms with E-state index in [0.717, 1.165) is 11.3 Å². The first-order valence-electron chi connectivity index (χ1n) is 7.40. The van der Waals surface area contributed by atoms with Crippen LogP contribution >= 0.6 is 23.2 Å². The first-order chi connectivity index (χ1) is 11.9. The van der Waals surface area contributed by atoms with Crippen LogP contribution in [0.4, 0.5) is 5.69 Å². The summed E-state index contributed by atoms with van der Waals surface area (Å²) < 4.78 is 5.13. The van der Waals surface area contributed by atoms with Gasteiger partial charge in [-0.05, 0) is 42.0 Å². The van der Waals surface area contributed by atoms with Crippen molar-refractivity contribution in [3.63, 3.8) is 0 Å². The molecule has 0 N–H and O–H groups in total. The molecule has 0 radical (unpaired) electrons. The number of alkyl halides is 1. The largest absolute Gasteiger partial charge is 0.461 e. The molecule has 25 heavy (non-hydrogen) atoms. The summed E-state index contributed by atoms with van der Waals surface area (Å²) in [6.45, 7) is 0. The number of benzene rings is 2. The third kappa shape index (κ3) is 5.25. The van der Waals surface area contributed by atoms with Crippen LogP contribution in [0.1, 0.15) is 15.9 Å². The smallest absolute Gasteiger partial charge is 0.258 e. The van der Waals surface area contributed by atoms with Crippen LogP contribution in [0.2, 0.25) is 5.02 Å². The lowest BCUT2D eigenvalue weighted by atomic mass is 10.1. The molecule has 4 nitrogen and oxygen atoms in total. The monoisotopic (exact) mass is 374 g/mol. The summed E-state index contributed by atoms with van der Waals surface area (Å²) in [5.74, 6) is 0.0993. The quantitative estimate of drug-likeness (QED) is 0.415. The number of ketones is 1. The molecule has 128 valence electrons. The summed E-state index contributed by atoms with van der Waals surface area (Å²) in [5.41, 5.74) is 1.23. The van der Waals surface area contributed by atoms with Crippen LogP contribution in [0.15, 0.2) is 48.5 Å². The molecule has 1 unspecified atom stereocenters. The maximum Gasteiger partial charge on any atom is 0.258 e. The first kappa shape index (κ1) is 18.9. The van der Waals surface area contributed by atoms with E-state index in [1.807, 2.05) is 43.3 Å². The molecular weight excluding hydrogens is 359 g/mol. The summed E-state index contributed by atoms with van der Waals surface area (Å²) in [4.78, 5) is 14.3. The van der Waals surface area contributed by atoms with Gasteiger partial charge in [0.05, 0.1) is 5.02 Å². The van der Waals surface area contributed by atoms with Gasteiger partial charge >= 0.3 is 0 Å². The number of anilines is 1. The van der Waals surface area contributed by atoms with Crippen molar-refractivity contribution in [1.82, 2.24) is 0 Å². The molecule has 0 fully saturated rings. The Morgan fingerprint density at radius 2 is 1.92 bits per heavy atom. The fourth-order valence-electron chi connectivity index (χ4n) is 2.06. The van der Waals surface area contributed by atoms with Crippen molar-refractivity contribution in [2.24, 2.45) is 0 Å². The number of nitriles is 1. The van der Waals surface area contributed by atoms with Gasteiger partial charge in [0, 0.05) is 25.3 Å². The number of carbonyl (C=O) groups excluding carboxylic acids is 1. The van der Waals surface area contributed by atoms with Gasteiger partial charge in [0.15, 0.2) is 5.78 Å². The molecule has 2 aromatic rings. The number of halogens is 2. The molecule has 2 aromatic carbocycles. The Balaban J connectivity index is 2.11. The molecule has 6 heteroatoms. The topological polar surface area (TPSA) is 53.3 Å². The van der Waals surface area contributed by atoms with Crippen molar-refractivity contribution in [3.05, 3.63) is 64.7 Å². The highest BCUT2D eigenvalue weighted by molar-refractivity contribution is 6.34. The molecule has 0 amide bonds. The van der Waals surface area contributed by atoms with Crippen molar-refractivity contribution in [2.75, 3.05) is 19.0 Å². The molecule has 0 aliphatic carbocycles. The molecule has 0 bridgehead atoms. The number of hydrogen-bond donors (Lipinski definition) is 0. The third-order valence-electron chi connectivity index (χ3n) is 3.38. The average Bonchev–Trinajstić information content (AvgIpc) is 2.60. The molecule has 1 atom stereocenters. The maximum absolute atomic E-state index is 12.3. The van der Waals surface area contributed by atoms with Crippen molar-refractivity contribution < 1.29 is 9.53 Å². The van der Waals surface area contributed by atoms with E-state index in [9.17, 15) is 4.79 Å². The molecular formula is C19H16Cl2N2O2. The summed E-state index contributed by atoms with van der Waals surface area (Å²) >= 11 is 11.7. The van der Waals surface area contributed by atoms with Crippen LogP contribution < -0.4 is 9.64 Å². The lowest BCUT2D eigenvalue weighted by Gasteiger charge is -2.11. The Kier molecular flexibility index (Phi) is 6.46. The normalized spacial score (nSPS) is 11.8. The van der Waals surface area contributed by atoms with E-state index in [1.165, 1.54) is 12.1 Å². The van der Waals surface area contributed by atoms with Crippen molar-refractivity contribution in [1.29, 1.82) is 5.26 Å². The lowest BCUT2D eigenvalue weighted by molar-refractivity contribution is 0.104. The van der Waals surface area contributed by atoms with Crippen molar-refractivity contribution in [2.45, 2.75) is 5.56 Å². The Hall–Kier alpha value is -2.48. The number of ether oxygens (including phenoxy) is 1. The zero-order valence-electron chi connectivity index (χ0n) is 13.7. The first-order valence-corrected chi connectivity index (χ1v) is 8.22. The van der Waals surface area contributed by atoms with Gasteiger partial charge in [-0.15, -0.1) is 0 Å². The highest BCUT2D eigenvalue weighted by Crippen LogP contribution is 2.25. The molecule has 2 rings (SSSR count). The fraction of sp³-hybridized carbons (Fsp3) is 0.158. The van der Waals surface area contributed by atoms with E-state index < -0.39 is 5.56 Å². The van der Waals surface area contributed by atoms with Gasteiger partial charge in [0.25, 0.3) is 5.56 Å². The predicted molar refractivity (Wildman–Crippen MR) is 101 cm³/mol. The van der Waals surface area contributed by atoms with Gasteiger partial charge in [0.2, 0.25) is 0 Å².